The molecule has 0 saturated carbocycles. The van der Waals surface area contributed by atoms with Crippen LogP contribution in [0.2, 0.25) is 0 Å². The van der Waals surface area contributed by atoms with Crippen molar-refractivity contribution in [3.8, 4) is 0 Å². The number of sulfonamides is 1. The number of fused-ring (bicyclic) bond motifs is 1. The summed E-state index contributed by atoms with van der Waals surface area (Å²) in [5.74, 6) is 0. The summed E-state index contributed by atoms with van der Waals surface area (Å²) >= 11 is 3.23. The maximum Gasteiger partial charge on any atom is 0.241 e. The average Bonchev–Trinajstić information content (AvgIpc) is 2.93. The lowest BCUT2D eigenvalue weighted by Crippen LogP contribution is -2.28. The first kappa shape index (κ1) is 17.2. The number of benzene rings is 2. The number of aliphatic hydroxyl groups is 1. The predicted molar refractivity (Wildman–Crippen MR) is 97.2 cm³/mol. The van der Waals surface area contributed by atoms with Gasteiger partial charge in [-0.25, -0.2) is 13.1 Å². The van der Waals surface area contributed by atoms with E-state index in [9.17, 15) is 13.5 Å². The van der Waals surface area contributed by atoms with Crippen LogP contribution < -0.4 is 4.72 Å². The highest BCUT2D eigenvalue weighted by molar-refractivity contribution is 9.10. The summed E-state index contributed by atoms with van der Waals surface area (Å²) in [5.41, 5.74) is 1.73. The molecule has 1 unspecified atom stereocenters. The Labute approximate surface area is 149 Å². The van der Waals surface area contributed by atoms with E-state index in [-0.39, 0.29) is 11.4 Å². The second-order valence-corrected chi connectivity index (χ2v) is 8.13. The molecule has 0 amide bonds. The van der Waals surface area contributed by atoms with Crippen molar-refractivity contribution in [3.63, 3.8) is 0 Å². The monoisotopic (exact) mass is 408 g/mol. The first-order valence-corrected chi connectivity index (χ1v) is 9.63. The van der Waals surface area contributed by atoms with Gasteiger partial charge in [-0.05, 0) is 57.2 Å². The number of aryl methyl sites for hydroxylation is 1. The third-order valence-electron chi connectivity index (χ3n) is 3.89. The molecule has 7 heteroatoms. The van der Waals surface area contributed by atoms with E-state index in [1.54, 1.807) is 24.3 Å². The van der Waals surface area contributed by atoms with Gasteiger partial charge in [0.1, 0.15) is 0 Å². The van der Waals surface area contributed by atoms with Crippen molar-refractivity contribution in [1.82, 2.24) is 9.29 Å². The number of hydrogen-bond acceptors (Lipinski definition) is 3. The molecule has 24 heavy (non-hydrogen) atoms. The lowest BCUT2D eigenvalue weighted by atomic mass is 10.1. The van der Waals surface area contributed by atoms with E-state index in [0.29, 0.717) is 10.0 Å². The van der Waals surface area contributed by atoms with Crippen LogP contribution in [0, 0.1) is 0 Å². The molecule has 1 aromatic heterocycles. The highest BCUT2D eigenvalue weighted by Crippen LogP contribution is 2.23. The number of aromatic nitrogens is 1. The summed E-state index contributed by atoms with van der Waals surface area (Å²) in [5, 5.41) is 11.3. The number of aliphatic hydroxyl groups excluding tert-OH is 1. The highest BCUT2D eigenvalue weighted by atomic mass is 79.9. The van der Waals surface area contributed by atoms with Gasteiger partial charge in [-0.3, -0.25) is 0 Å². The summed E-state index contributed by atoms with van der Waals surface area (Å²) in [6, 6.07) is 14.1. The largest absolute Gasteiger partial charge is 0.387 e. The van der Waals surface area contributed by atoms with Crippen molar-refractivity contribution in [2.75, 3.05) is 6.54 Å². The van der Waals surface area contributed by atoms with Gasteiger partial charge in [0.25, 0.3) is 0 Å². The summed E-state index contributed by atoms with van der Waals surface area (Å²) in [6.07, 6.45) is 1.02. The quantitative estimate of drug-likeness (QED) is 0.681. The van der Waals surface area contributed by atoms with E-state index in [4.69, 9.17) is 0 Å². The number of nitrogens with zero attached hydrogens (tertiary/aromatic N) is 1. The standard InChI is InChI=1S/C17H17BrN2O3S/c1-20-9-8-12-10-13(6-7-15(12)20)16(21)11-19-24(22,23)17-5-3-2-4-14(17)18/h2-10,16,19,21H,11H2,1H3. The molecule has 0 aliphatic rings. The molecule has 126 valence electrons. The SMILES string of the molecule is Cn1ccc2cc(C(O)CNS(=O)(=O)c3ccccc3Br)ccc21. The Bertz CT molecular complexity index is 982. The van der Waals surface area contributed by atoms with Crippen molar-refractivity contribution in [2.24, 2.45) is 7.05 Å². The van der Waals surface area contributed by atoms with Crippen LogP contribution in [0.4, 0.5) is 0 Å². The molecule has 0 fully saturated rings. The number of halogens is 1. The summed E-state index contributed by atoms with van der Waals surface area (Å²) in [6.45, 7) is -0.0952. The third-order valence-corrected chi connectivity index (χ3v) is 6.32. The van der Waals surface area contributed by atoms with Crippen LogP contribution in [0.3, 0.4) is 0 Å². The molecule has 3 aromatic rings. The Kier molecular flexibility index (Phi) is 4.78. The fraction of sp³-hybridized carbons (Fsp3) is 0.176. The van der Waals surface area contributed by atoms with Crippen LogP contribution in [0.15, 0.2) is 64.1 Å². The van der Waals surface area contributed by atoms with Gasteiger partial charge in [-0.15, -0.1) is 0 Å². The molecule has 0 saturated heterocycles. The first-order valence-electron chi connectivity index (χ1n) is 7.36. The van der Waals surface area contributed by atoms with Crippen LogP contribution in [-0.4, -0.2) is 24.6 Å². The summed E-state index contributed by atoms with van der Waals surface area (Å²) < 4.78 is 29.6. The van der Waals surface area contributed by atoms with Gasteiger partial charge < -0.3 is 9.67 Å². The molecule has 0 aliphatic carbocycles. The van der Waals surface area contributed by atoms with E-state index < -0.39 is 16.1 Å². The Morgan fingerprint density at radius 1 is 1.21 bits per heavy atom. The van der Waals surface area contributed by atoms with Crippen molar-refractivity contribution in [3.05, 3.63) is 64.8 Å². The molecule has 2 N–H and O–H groups in total. The van der Waals surface area contributed by atoms with Crippen LogP contribution in [-0.2, 0) is 17.1 Å². The van der Waals surface area contributed by atoms with Crippen LogP contribution in [0.5, 0.6) is 0 Å². The molecular formula is C17H17BrN2O3S. The summed E-state index contributed by atoms with van der Waals surface area (Å²) in [4.78, 5) is 0.149. The first-order chi connectivity index (χ1) is 11.4. The van der Waals surface area contributed by atoms with Gasteiger partial charge in [0.2, 0.25) is 10.0 Å². The molecule has 1 heterocycles. The maximum absolute atomic E-state index is 12.3. The average molecular weight is 409 g/mol. The fourth-order valence-corrected chi connectivity index (χ4v) is 4.59. The number of rotatable bonds is 5. The maximum atomic E-state index is 12.3. The molecule has 0 spiro atoms. The minimum absolute atomic E-state index is 0.0952. The Morgan fingerprint density at radius 2 is 1.96 bits per heavy atom. The van der Waals surface area contributed by atoms with Gasteiger partial charge in [-0.2, -0.15) is 0 Å². The van der Waals surface area contributed by atoms with Gasteiger partial charge in [-0.1, -0.05) is 18.2 Å². The van der Waals surface area contributed by atoms with Crippen LogP contribution in [0.25, 0.3) is 10.9 Å². The van der Waals surface area contributed by atoms with Crippen molar-refractivity contribution < 1.29 is 13.5 Å². The highest BCUT2D eigenvalue weighted by Gasteiger charge is 2.19. The molecule has 2 aromatic carbocycles. The Hall–Kier alpha value is -1.67. The van der Waals surface area contributed by atoms with Gasteiger partial charge in [0, 0.05) is 29.8 Å². The van der Waals surface area contributed by atoms with Crippen LogP contribution >= 0.6 is 15.9 Å². The van der Waals surface area contributed by atoms with Gasteiger partial charge in [0.05, 0.1) is 11.0 Å². The van der Waals surface area contributed by atoms with E-state index in [0.717, 1.165) is 10.9 Å². The predicted octanol–water partition coefficient (Wildman–Crippen LogP) is 2.95. The van der Waals surface area contributed by atoms with E-state index in [1.807, 2.05) is 36.0 Å². The fourth-order valence-electron chi connectivity index (χ4n) is 2.55. The minimum Gasteiger partial charge on any atom is -0.387 e. The zero-order chi connectivity index (χ0) is 17.3. The Morgan fingerprint density at radius 3 is 2.71 bits per heavy atom. The molecule has 5 nitrogen and oxygen atoms in total. The lowest BCUT2D eigenvalue weighted by Gasteiger charge is -2.14. The van der Waals surface area contributed by atoms with Crippen LogP contribution in [0.1, 0.15) is 11.7 Å². The smallest absolute Gasteiger partial charge is 0.241 e. The van der Waals surface area contributed by atoms with E-state index >= 15 is 0 Å². The normalized spacial score (nSPS) is 13.3. The third kappa shape index (κ3) is 3.39. The lowest BCUT2D eigenvalue weighted by molar-refractivity contribution is 0.182. The summed E-state index contributed by atoms with van der Waals surface area (Å²) in [7, 11) is -1.74. The number of nitrogens with one attached hydrogen (secondary N) is 1. The molecule has 1 atom stereocenters. The van der Waals surface area contributed by atoms with E-state index in [1.165, 1.54) is 6.07 Å². The Balaban J connectivity index is 1.76. The zero-order valence-corrected chi connectivity index (χ0v) is 15.4. The van der Waals surface area contributed by atoms with E-state index in [2.05, 4.69) is 20.7 Å². The van der Waals surface area contributed by atoms with Crippen molar-refractivity contribution in [1.29, 1.82) is 0 Å². The molecule has 0 bridgehead atoms. The minimum atomic E-state index is -3.69. The number of hydrogen-bond donors (Lipinski definition) is 2. The van der Waals surface area contributed by atoms with Gasteiger partial charge >= 0.3 is 0 Å². The molecular weight excluding hydrogens is 392 g/mol. The van der Waals surface area contributed by atoms with Crippen molar-refractivity contribution in [2.45, 2.75) is 11.0 Å². The second-order valence-electron chi connectivity index (χ2n) is 5.54. The topological polar surface area (TPSA) is 71.3 Å². The van der Waals surface area contributed by atoms with Gasteiger partial charge in [0.15, 0.2) is 0 Å². The molecule has 3 rings (SSSR count). The molecule has 0 aliphatic heterocycles. The van der Waals surface area contributed by atoms with Crippen molar-refractivity contribution >= 4 is 36.9 Å². The second kappa shape index (κ2) is 6.68. The zero-order valence-electron chi connectivity index (χ0n) is 13.0. The molecule has 0 radical (unpaired) electrons.